The van der Waals surface area contributed by atoms with Crippen molar-refractivity contribution in [2.24, 2.45) is 0 Å². The summed E-state index contributed by atoms with van der Waals surface area (Å²) < 4.78 is 13.1. The maximum absolute atomic E-state index is 13.1. The first-order valence-electron chi connectivity index (χ1n) is 10.5. The van der Waals surface area contributed by atoms with E-state index in [9.17, 15) is 14.0 Å². The number of hydrogen-bond acceptors (Lipinski definition) is 2. The molecular formula is C24H29FN2O2. The van der Waals surface area contributed by atoms with E-state index in [1.165, 1.54) is 12.1 Å². The highest BCUT2D eigenvalue weighted by molar-refractivity contribution is 5.80. The van der Waals surface area contributed by atoms with Crippen LogP contribution in [0.15, 0.2) is 54.6 Å². The molecule has 3 rings (SSSR count). The summed E-state index contributed by atoms with van der Waals surface area (Å²) in [4.78, 5) is 26.9. The summed E-state index contributed by atoms with van der Waals surface area (Å²) in [6.45, 7) is 0.983. The third kappa shape index (κ3) is 6.70. The smallest absolute Gasteiger partial charge is 0.224 e. The zero-order valence-electron chi connectivity index (χ0n) is 16.8. The molecule has 4 nitrogen and oxygen atoms in total. The second-order valence-electron chi connectivity index (χ2n) is 7.66. The molecule has 0 spiro atoms. The van der Waals surface area contributed by atoms with Gasteiger partial charge in [-0.3, -0.25) is 9.59 Å². The van der Waals surface area contributed by atoms with E-state index in [2.05, 4.69) is 5.32 Å². The van der Waals surface area contributed by atoms with Crippen LogP contribution < -0.4 is 5.32 Å². The Balaban J connectivity index is 1.48. The van der Waals surface area contributed by atoms with Crippen LogP contribution >= 0.6 is 0 Å². The van der Waals surface area contributed by atoms with Crippen LogP contribution in [-0.4, -0.2) is 35.8 Å². The number of benzene rings is 2. The average Bonchev–Trinajstić information content (AvgIpc) is 3.25. The molecule has 0 unspecified atom stereocenters. The molecule has 2 amide bonds. The number of halogens is 1. The predicted molar refractivity (Wildman–Crippen MR) is 112 cm³/mol. The number of carbonyl (C=O) groups excluding carboxylic acids is 2. The zero-order chi connectivity index (χ0) is 20.5. The molecule has 1 saturated carbocycles. The van der Waals surface area contributed by atoms with Gasteiger partial charge in [-0.1, -0.05) is 55.3 Å². The molecule has 0 atom stereocenters. The van der Waals surface area contributed by atoms with E-state index in [-0.39, 0.29) is 23.7 Å². The van der Waals surface area contributed by atoms with E-state index in [1.807, 2.05) is 35.2 Å². The van der Waals surface area contributed by atoms with Crippen molar-refractivity contribution in [2.75, 3.05) is 13.1 Å². The van der Waals surface area contributed by atoms with Crippen molar-refractivity contribution in [1.29, 1.82) is 0 Å². The number of rotatable bonds is 9. The number of nitrogens with one attached hydrogen (secondary N) is 1. The van der Waals surface area contributed by atoms with Gasteiger partial charge in [-0.15, -0.1) is 0 Å². The first-order chi connectivity index (χ1) is 14.1. The van der Waals surface area contributed by atoms with Crippen molar-refractivity contribution in [1.82, 2.24) is 10.2 Å². The second-order valence-corrected chi connectivity index (χ2v) is 7.66. The van der Waals surface area contributed by atoms with Gasteiger partial charge in [-0.2, -0.15) is 0 Å². The summed E-state index contributed by atoms with van der Waals surface area (Å²) in [5.41, 5.74) is 1.99. The van der Waals surface area contributed by atoms with Crippen LogP contribution in [0, 0.1) is 5.82 Å². The van der Waals surface area contributed by atoms with Crippen LogP contribution in [0.1, 0.15) is 43.2 Å². The third-order valence-corrected chi connectivity index (χ3v) is 5.51. The minimum absolute atomic E-state index is 0.0669. The van der Waals surface area contributed by atoms with Crippen molar-refractivity contribution in [3.05, 3.63) is 71.5 Å². The molecule has 0 aromatic heterocycles. The number of nitrogens with zero attached hydrogens (tertiary/aromatic N) is 1. The van der Waals surface area contributed by atoms with E-state index in [1.54, 1.807) is 12.1 Å². The summed E-state index contributed by atoms with van der Waals surface area (Å²) in [5, 5.41) is 2.86. The Kier molecular flexibility index (Phi) is 7.79. The van der Waals surface area contributed by atoms with Crippen LogP contribution in [-0.2, 0) is 22.4 Å². The van der Waals surface area contributed by atoms with Crippen molar-refractivity contribution in [3.8, 4) is 0 Å². The van der Waals surface area contributed by atoms with Crippen LogP contribution in [0.4, 0.5) is 4.39 Å². The highest BCUT2D eigenvalue weighted by atomic mass is 19.1. The molecule has 0 saturated heterocycles. The predicted octanol–water partition coefficient (Wildman–Crippen LogP) is 3.89. The lowest BCUT2D eigenvalue weighted by Crippen LogP contribution is -2.41. The van der Waals surface area contributed by atoms with E-state index in [0.29, 0.717) is 32.4 Å². The second kappa shape index (κ2) is 10.7. The van der Waals surface area contributed by atoms with Gasteiger partial charge in [0.05, 0.1) is 6.42 Å². The molecule has 1 aliphatic rings. The van der Waals surface area contributed by atoms with Gasteiger partial charge >= 0.3 is 0 Å². The van der Waals surface area contributed by atoms with Crippen molar-refractivity contribution in [2.45, 2.75) is 51.0 Å². The highest BCUT2D eigenvalue weighted by Crippen LogP contribution is 2.24. The van der Waals surface area contributed by atoms with Crippen molar-refractivity contribution in [3.63, 3.8) is 0 Å². The first-order valence-corrected chi connectivity index (χ1v) is 10.5. The van der Waals surface area contributed by atoms with Gasteiger partial charge in [0, 0.05) is 25.6 Å². The Bertz CT molecular complexity index is 786. The molecule has 2 aromatic rings. The lowest BCUT2D eigenvalue weighted by atomic mass is 10.1. The molecule has 29 heavy (non-hydrogen) atoms. The van der Waals surface area contributed by atoms with E-state index < -0.39 is 0 Å². The van der Waals surface area contributed by atoms with Crippen LogP contribution in [0.25, 0.3) is 0 Å². The molecular weight excluding hydrogens is 367 g/mol. The summed E-state index contributed by atoms with van der Waals surface area (Å²) in [5.74, 6) is -0.231. The molecule has 5 heteroatoms. The minimum Gasteiger partial charge on any atom is -0.355 e. The van der Waals surface area contributed by atoms with Gasteiger partial charge in [0.25, 0.3) is 0 Å². The number of carbonyl (C=O) groups is 2. The normalized spacial score (nSPS) is 14.0. The van der Waals surface area contributed by atoms with E-state index in [4.69, 9.17) is 0 Å². The molecule has 1 N–H and O–H groups in total. The average molecular weight is 397 g/mol. The maximum Gasteiger partial charge on any atom is 0.224 e. The van der Waals surface area contributed by atoms with Crippen LogP contribution in [0.5, 0.6) is 0 Å². The minimum atomic E-state index is -0.247. The monoisotopic (exact) mass is 396 g/mol. The fourth-order valence-electron chi connectivity index (χ4n) is 3.92. The summed E-state index contributed by atoms with van der Waals surface area (Å²) in [6, 6.07) is 16.3. The van der Waals surface area contributed by atoms with Gasteiger partial charge < -0.3 is 10.2 Å². The van der Waals surface area contributed by atoms with Gasteiger partial charge in [0.15, 0.2) is 0 Å². The standard InChI is InChI=1S/C24H29FN2O2/c25-21-12-10-19(11-13-21)15-17-27(22-8-4-5-9-22)24(29)14-16-26-23(28)18-20-6-2-1-3-7-20/h1-3,6-7,10-13,22H,4-5,8-9,14-18H2,(H,26,28). The number of amides is 2. The summed E-state index contributed by atoms with van der Waals surface area (Å²) >= 11 is 0. The summed E-state index contributed by atoms with van der Waals surface area (Å²) in [7, 11) is 0. The van der Waals surface area contributed by atoms with Gasteiger partial charge in [0.2, 0.25) is 11.8 Å². The van der Waals surface area contributed by atoms with Gasteiger partial charge in [0.1, 0.15) is 5.82 Å². The van der Waals surface area contributed by atoms with E-state index in [0.717, 1.165) is 36.8 Å². The number of hydrogen-bond donors (Lipinski definition) is 1. The Morgan fingerprint density at radius 2 is 1.66 bits per heavy atom. The maximum atomic E-state index is 13.1. The largest absolute Gasteiger partial charge is 0.355 e. The quantitative estimate of drug-likeness (QED) is 0.699. The lowest BCUT2D eigenvalue weighted by Gasteiger charge is -2.29. The highest BCUT2D eigenvalue weighted by Gasteiger charge is 2.26. The van der Waals surface area contributed by atoms with Crippen LogP contribution in [0.3, 0.4) is 0 Å². The molecule has 0 bridgehead atoms. The Morgan fingerprint density at radius 3 is 2.34 bits per heavy atom. The molecule has 0 radical (unpaired) electrons. The first kappa shape index (κ1) is 21.0. The van der Waals surface area contributed by atoms with Gasteiger partial charge in [-0.25, -0.2) is 4.39 Å². The Morgan fingerprint density at radius 1 is 0.966 bits per heavy atom. The van der Waals surface area contributed by atoms with Crippen molar-refractivity contribution < 1.29 is 14.0 Å². The Hall–Kier alpha value is -2.69. The summed E-state index contributed by atoms with van der Waals surface area (Å²) in [6.07, 6.45) is 5.72. The lowest BCUT2D eigenvalue weighted by molar-refractivity contribution is -0.133. The van der Waals surface area contributed by atoms with Crippen LogP contribution in [0.2, 0.25) is 0 Å². The molecule has 1 aliphatic carbocycles. The molecule has 0 heterocycles. The fraction of sp³-hybridized carbons (Fsp3) is 0.417. The molecule has 154 valence electrons. The van der Waals surface area contributed by atoms with Gasteiger partial charge in [-0.05, 0) is 42.5 Å². The van der Waals surface area contributed by atoms with Crippen molar-refractivity contribution >= 4 is 11.8 Å². The zero-order valence-corrected chi connectivity index (χ0v) is 16.8. The molecule has 2 aromatic carbocycles. The Labute approximate surface area is 172 Å². The third-order valence-electron chi connectivity index (χ3n) is 5.51. The fourth-order valence-corrected chi connectivity index (χ4v) is 3.92. The van der Waals surface area contributed by atoms with E-state index >= 15 is 0 Å². The molecule has 1 fully saturated rings. The topological polar surface area (TPSA) is 49.4 Å². The molecule has 0 aliphatic heterocycles. The SMILES string of the molecule is O=C(Cc1ccccc1)NCCC(=O)N(CCc1ccc(F)cc1)C1CCCC1.